The maximum Gasteiger partial charge on any atom is 0.306 e. The van der Waals surface area contributed by atoms with Crippen molar-refractivity contribution in [3.05, 3.63) is 72.9 Å². The zero-order valence-electron chi connectivity index (χ0n) is 46.4. The van der Waals surface area contributed by atoms with E-state index >= 15 is 0 Å². The van der Waals surface area contributed by atoms with Gasteiger partial charge in [0.15, 0.2) is 6.29 Å². The van der Waals surface area contributed by atoms with Crippen molar-refractivity contribution in [3.63, 3.8) is 0 Å². The molecule has 0 aromatic heterocycles. The van der Waals surface area contributed by atoms with Crippen LogP contribution in [0.15, 0.2) is 72.9 Å². The van der Waals surface area contributed by atoms with E-state index in [2.05, 4.69) is 86.8 Å². The molecule has 6 unspecified atom stereocenters. The molecule has 418 valence electrons. The molecule has 1 aliphatic rings. The third-order valence-corrected chi connectivity index (χ3v) is 13.6. The second kappa shape index (κ2) is 53.5. The van der Waals surface area contributed by atoms with Crippen LogP contribution in [0.3, 0.4) is 0 Å². The summed E-state index contributed by atoms with van der Waals surface area (Å²) >= 11 is 0. The molecule has 0 saturated carbocycles. The summed E-state index contributed by atoms with van der Waals surface area (Å²) in [6.07, 6.45) is 65.2. The minimum absolute atomic E-state index is 0.117. The van der Waals surface area contributed by atoms with Gasteiger partial charge in [-0.05, 0) is 83.5 Å². The van der Waals surface area contributed by atoms with E-state index in [1.807, 2.05) is 0 Å². The normalized spacial score (nSPS) is 19.2. The van der Waals surface area contributed by atoms with E-state index in [0.717, 1.165) is 70.6 Å². The van der Waals surface area contributed by atoms with Crippen molar-refractivity contribution in [3.8, 4) is 0 Å². The van der Waals surface area contributed by atoms with Crippen LogP contribution in [0.4, 0.5) is 0 Å². The summed E-state index contributed by atoms with van der Waals surface area (Å²) in [5.74, 6) is -0.317. The Morgan fingerprint density at radius 1 is 0.458 bits per heavy atom. The molecule has 4 N–H and O–H groups in total. The molecule has 9 heteroatoms. The molecular formula is C63H112O9. The Kier molecular flexibility index (Phi) is 50.2. The fourth-order valence-electron chi connectivity index (χ4n) is 8.99. The summed E-state index contributed by atoms with van der Waals surface area (Å²) in [6.45, 7) is 4.46. The van der Waals surface area contributed by atoms with E-state index < -0.39 is 43.4 Å². The summed E-state index contributed by atoms with van der Waals surface area (Å²) in [4.78, 5) is 12.9. The quantitative estimate of drug-likeness (QED) is 0.0267. The molecule has 1 fully saturated rings. The average Bonchev–Trinajstić information content (AvgIpc) is 3.38. The Balaban J connectivity index is 2.14. The van der Waals surface area contributed by atoms with Gasteiger partial charge in [0.2, 0.25) is 0 Å². The molecule has 0 spiro atoms. The summed E-state index contributed by atoms with van der Waals surface area (Å²) in [5, 5.41) is 40.4. The third kappa shape index (κ3) is 42.9. The van der Waals surface area contributed by atoms with Crippen molar-refractivity contribution in [1.29, 1.82) is 0 Å². The lowest BCUT2D eigenvalue weighted by molar-refractivity contribution is -0.305. The number of aliphatic hydroxyl groups is 4. The first-order chi connectivity index (χ1) is 35.4. The molecule has 0 aromatic carbocycles. The topological polar surface area (TPSA) is 135 Å². The van der Waals surface area contributed by atoms with Gasteiger partial charge in [0.25, 0.3) is 0 Å². The predicted octanol–water partition coefficient (Wildman–Crippen LogP) is 15.9. The maximum atomic E-state index is 12.9. The number of aliphatic hydroxyl groups excluding tert-OH is 4. The van der Waals surface area contributed by atoms with Crippen molar-refractivity contribution in [1.82, 2.24) is 0 Å². The molecule has 0 aliphatic carbocycles. The van der Waals surface area contributed by atoms with E-state index in [-0.39, 0.29) is 19.2 Å². The zero-order chi connectivity index (χ0) is 52.1. The van der Waals surface area contributed by atoms with E-state index in [1.54, 1.807) is 0 Å². The van der Waals surface area contributed by atoms with Crippen molar-refractivity contribution in [2.45, 2.75) is 295 Å². The highest BCUT2D eigenvalue weighted by molar-refractivity contribution is 5.69. The first-order valence-corrected chi connectivity index (χ1v) is 30.0. The monoisotopic (exact) mass is 1010 g/mol. The molecule has 0 bridgehead atoms. The summed E-state index contributed by atoms with van der Waals surface area (Å²) in [7, 11) is 0. The molecule has 1 saturated heterocycles. The van der Waals surface area contributed by atoms with Crippen LogP contribution in [0.25, 0.3) is 0 Å². The van der Waals surface area contributed by atoms with E-state index in [1.165, 1.54) is 167 Å². The Morgan fingerprint density at radius 2 is 0.847 bits per heavy atom. The van der Waals surface area contributed by atoms with Gasteiger partial charge < -0.3 is 39.4 Å². The number of allylic oxidation sites excluding steroid dienone is 12. The highest BCUT2D eigenvalue weighted by atomic mass is 16.7. The molecule has 0 amide bonds. The molecule has 0 aromatic rings. The first kappa shape index (κ1) is 67.6. The number of esters is 1. The molecule has 1 aliphatic heterocycles. The van der Waals surface area contributed by atoms with Crippen LogP contribution in [0.2, 0.25) is 0 Å². The number of carbonyl (C=O) groups is 1. The number of rotatable bonds is 52. The number of carbonyl (C=O) groups excluding carboxylic acids is 1. The number of hydrogen-bond acceptors (Lipinski definition) is 9. The van der Waals surface area contributed by atoms with Crippen LogP contribution >= 0.6 is 0 Å². The number of hydrogen-bond donors (Lipinski definition) is 4. The smallest absolute Gasteiger partial charge is 0.306 e. The lowest BCUT2D eigenvalue weighted by Crippen LogP contribution is -2.59. The van der Waals surface area contributed by atoms with Gasteiger partial charge in [-0.15, -0.1) is 0 Å². The molecule has 72 heavy (non-hydrogen) atoms. The average molecular weight is 1010 g/mol. The van der Waals surface area contributed by atoms with Gasteiger partial charge in [-0.1, -0.05) is 241 Å². The maximum absolute atomic E-state index is 12.9. The van der Waals surface area contributed by atoms with Crippen LogP contribution in [-0.4, -0.2) is 89.6 Å². The fourth-order valence-corrected chi connectivity index (χ4v) is 8.99. The van der Waals surface area contributed by atoms with Crippen LogP contribution in [0.1, 0.15) is 258 Å². The van der Waals surface area contributed by atoms with Crippen LogP contribution in [-0.2, 0) is 23.7 Å². The van der Waals surface area contributed by atoms with Crippen LogP contribution in [0.5, 0.6) is 0 Å². The standard InChI is InChI=1S/C63H112O9/c1-3-5-7-9-11-13-15-17-19-21-23-25-27-28-29-31-33-35-37-39-41-43-45-47-49-51-53-69-55-57(56-70-63-62(68)61(67)60(66)58(54-64)72-63)71-59(65)52-50-48-46-44-42-40-38-36-34-32-30-26-24-22-20-18-16-14-12-10-8-6-4-2/h6,8,12,14-15,17-18,20-21,23-24,26,57-58,60-64,66-68H,3-5,7,9-11,13,16,19,22,25,27-56H2,1-2H3/b8-6-,14-12-,17-15-,20-18-,23-21-,26-24-. The van der Waals surface area contributed by atoms with Crippen LogP contribution < -0.4 is 0 Å². The highest BCUT2D eigenvalue weighted by Crippen LogP contribution is 2.23. The molecular weight excluding hydrogens is 901 g/mol. The van der Waals surface area contributed by atoms with Gasteiger partial charge in [0, 0.05) is 13.0 Å². The summed E-state index contributed by atoms with van der Waals surface area (Å²) in [5.41, 5.74) is 0. The van der Waals surface area contributed by atoms with Crippen molar-refractivity contribution in [2.75, 3.05) is 26.4 Å². The SMILES string of the molecule is CC/C=C\C/C=C\C/C=C\C/C=C\CCCCCCCCCCCCC(=O)OC(COCCCCCCCCCCCCCCCC/C=C\C/C=C\CCCCCCC)COC1OC(CO)C(O)C(O)C1O. The zero-order valence-corrected chi connectivity index (χ0v) is 46.4. The van der Waals surface area contributed by atoms with Crippen molar-refractivity contribution >= 4 is 5.97 Å². The molecule has 1 heterocycles. The molecule has 9 nitrogen and oxygen atoms in total. The second-order valence-corrected chi connectivity index (χ2v) is 20.4. The Bertz CT molecular complexity index is 1340. The first-order valence-electron chi connectivity index (χ1n) is 30.0. The predicted molar refractivity (Wildman–Crippen MR) is 302 cm³/mol. The fraction of sp³-hybridized carbons (Fsp3) is 0.794. The van der Waals surface area contributed by atoms with E-state index in [4.69, 9.17) is 18.9 Å². The van der Waals surface area contributed by atoms with Gasteiger partial charge >= 0.3 is 5.97 Å². The van der Waals surface area contributed by atoms with Gasteiger partial charge in [0.05, 0.1) is 19.8 Å². The second-order valence-electron chi connectivity index (χ2n) is 20.4. The summed E-state index contributed by atoms with van der Waals surface area (Å²) in [6, 6.07) is 0. The molecule has 1 rings (SSSR count). The molecule has 6 atom stereocenters. The van der Waals surface area contributed by atoms with Gasteiger partial charge in [-0.25, -0.2) is 0 Å². The minimum atomic E-state index is -1.54. The Hall–Kier alpha value is -2.37. The lowest BCUT2D eigenvalue weighted by atomic mass is 9.99. The number of unbranched alkanes of at least 4 members (excludes halogenated alkanes) is 29. The Morgan fingerprint density at radius 3 is 1.28 bits per heavy atom. The van der Waals surface area contributed by atoms with E-state index in [9.17, 15) is 25.2 Å². The van der Waals surface area contributed by atoms with Gasteiger partial charge in [0.1, 0.15) is 30.5 Å². The largest absolute Gasteiger partial charge is 0.457 e. The van der Waals surface area contributed by atoms with E-state index in [0.29, 0.717) is 13.0 Å². The van der Waals surface area contributed by atoms with Crippen LogP contribution in [0, 0.1) is 0 Å². The highest BCUT2D eigenvalue weighted by Gasteiger charge is 2.44. The lowest BCUT2D eigenvalue weighted by Gasteiger charge is -2.39. The number of ether oxygens (including phenoxy) is 4. The van der Waals surface area contributed by atoms with Gasteiger partial charge in [-0.2, -0.15) is 0 Å². The van der Waals surface area contributed by atoms with Crippen molar-refractivity contribution in [2.24, 2.45) is 0 Å². The van der Waals surface area contributed by atoms with Gasteiger partial charge in [-0.3, -0.25) is 4.79 Å². The minimum Gasteiger partial charge on any atom is -0.457 e. The Labute approximate surface area is 442 Å². The third-order valence-electron chi connectivity index (χ3n) is 13.6. The van der Waals surface area contributed by atoms with Crippen molar-refractivity contribution < 1.29 is 44.2 Å². The molecule has 0 radical (unpaired) electrons. The summed E-state index contributed by atoms with van der Waals surface area (Å²) < 4.78 is 23.0.